The van der Waals surface area contributed by atoms with Crippen molar-refractivity contribution in [2.45, 2.75) is 0 Å². The Bertz CT molecular complexity index is 1080. The second kappa shape index (κ2) is 7.06. The van der Waals surface area contributed by atoms with Crippen LogP contribution in [-0.2, 0) is 4.79 Å². The largest absolute Gasteiger partial charge is 0.454 e. The molecular formula is C18H10N2O6S2. The Kier molecular flexibility index (Phi) is 4.57. The van der Waals surface area contributed by atoms with Crippen molar-refractivity contribution in [1.29, 1.82) is 0 Å². The summed E-state index contributed by atoms with van der Waals surface area (Å²) in [7, 11) is 0. The van der Waals surface area contributed by atoms with Crippen molar-refractivity contribution >= 4 is 51.9 Å². The number of nitro benzene ring substituents is 1. The van der Waals surface area contributed by atoms with Crippen LogP contribution in [0.15, 0.2) is 47.4 Å². The number of amides is 2. The minimum absolute atomic E-state index is 0.00910. The maximum Gasteiger partial charge on any atom is 0.273 e. The van der Waals surface area contributed by atoms with Crippen molar-refractivity contribution in [3.05, 3.63) is 68.6 Å². The van der Waals surface area contributed by atoms with Gasteiger partial charge in [0.25, 0.3) is 17.5 Å². The maximum absolute atomic E-state index is 12.7. The molecule has 2 aromatic rings. The molecular weight excluding hydrogens is 404 g/mol. The van der Waals surface area contributed by atoms with Crippen LogP contribution in [0.1, 0.15) is 15.9 Å². The second-order valence-corrected chi connectivity index (χ2v) is 7.42. The van der Waals surface area contributed by atoms with Crippen LogP contribution in [0.2, 0.25) is 0 Å². The number of fused-ring (bicyclic) bond motifs is 1. The third-order valence-electron chi connectivity index (χ3n) is 4.00. The smallest absolute Gasteiger partial charge is 0.273 e. The third-order valence-corrected chi connectivity index (χ3v) is 5.30. The van der Waals surface area contributed by atoms with Gasteiger partial charge in [-0.15, -0.1) is 0 Å². The summed E-state index contributed by atoms with van der Waals surface area (Å²) >= 11 is 6.16. The van der Waals surface area contributed by atoms with Gasteiger partial charge in [0, 0.05) is 17.7 Å². The number of hydrogen-bond acceptors (Lipinski definition) is 8. The van der Waals surface area contributed by atoms with E-state index in [0.29, 0.717) is 17.1 Å². The summed E-state index contributed by atoms with van der Waals surface area (Å²) in [6.07, 6.45) is 1.60. The minimum Gasteiger partial charge on any atom is -0.454 e. The van der Waals surface area contributed by atoms with Crippen molar-refractivity contribution < 1.29 is 24.0 Å². The number of imide groups is 1. The monoisotopic (exact) mass is 414 g/mol. The highest BCUT2D eigenvalue weighted by Gasteiger charge is 2.37. The predicted octanol–water partition coefficient (Wildman–Crippen LogP) is 3.37. The Balaban J connectivity index is 1.61. The Morgan fingerprint density at radius 3 is 2.79 bits per heavy atom. The zero-order chi connectivity index (χ0) is 19.8. The van der Waals surface area contributed by atoms with E-state index >= 15 is 0 Å². The first-order valence-electron chi connectivity index (χ1n) is 7.90. The zero-order valence-corrected chi connectivity index (χ0v) is 15.6. The van der Waals surface area contributed by atoms with Crippen LogP contribution >= 0.6 is 24.0 Å². The first kappa shape index (κ1) is 18.1. The third kappa shape index (κ3) is 3.23. The van der Waals surface area contributed by atoms with Crippen LogP contribution in [0.3, 0.4) is 0 Å². The lowest BCUT2D eigenvalue weighted by molar-refractivity contribution is -0.384. The predicted molar refractivity (Wildman–Crippen MR) is 105 cm³/mol. The van der Waals surface area contributed by atoms with Gasteiger partial charge in [-0.25, -0.2) is 4.90 Å². The normalized spacial score (nSPS) is 16.7. The Labute approximate surface area is 167 Å². The fourth-order valence-electron chi connectivity index (χ4n) is 2.68. The topological polar surface area (TPSA) is 99.0 Å². The second-order valence-electron chi connectivity index (χ2n) is 5.74. The van der Waals surface area contributed by atoms with Gasteiger partial charge in [-0.2, -0.15) is 0 Å². The van der Waals surface area contributed by atoms with E-state index in [1.54, 1.807) is 24.3 Å². The molecule has 4 rings (SSSR count). The number of non-ortho nitro benzene ring substituents is 1. The minimum atomic E-state index is -0.708. The molecule has 0 aromatic heterocycles. The number of hydrogen-bond donors (Lipinski definition) is 0. The van der Waals surface area contributed by atoms with Crippen molar-refractivity contribution in [3.8, 4) is 11.5 Å². The summed E-state index contributed by atoms with van der Waals surface area (Å²) in [5.41, 5.74) is 0.453. The van der Waals surface area contributed by atoms with Gasteiger partial charge < -0.3 is 9.47 Å². The molecule has 0 atom stereocenters. The molecule has 2 aromatic carbocycles. The van der Waals surface area contributed by atoms with E-state index in [9.17, 15) is 19.7 Å². The van der Waals surface area contributed by atoms with Gasteiger partial charge in [0.2, 0.25) is 6.79 Å². The van der Waals surface area contributed by atoms with Gasteiger partial charge in [-0.3, -0.25) is 19.7 Å². The molecule has 1 saturated heterocycles. The molecule has 2 aliphatic rings. The molecule has 0 bridgehead atoms. The number of nitro groups is 1. The number of carbonyl (C=O) groups is 2. The van der Waals surface area contributed by atoms with Gasteiger partial charge in [0.05, 0.1) is 9.83 Å². The van der Waals surface area contributed by atoms with Gasteiger partial charge in [-0.05, 0) is 29.8 Å². The summed E-state index contributed by atoms with van der Waals surface area (Å²) in [5, 5.41) is 10.9. The van der Waals surface area contributed by atoms with Gasteiger partial charge in [0.15, 0.2) is 15.8 Å². The van der Waals surface area contributed by atoms with Crippen molar-refractivity contribution in [3.63, 3.8) is 0 Å². The van der Waals surface area contributed by atoms with E-state index in [1.807, 2.05) is 0 Å². The summed E-state index contributed by atoms with van der Waals surface area (Å²) in [6.45, 7) is 0.138. The van der Waals surface area contributed by atoms with Crippen molar-refractivity contribution in [2.75, 3.05) is 6.79 Å². The molecule has 0 unspecified atom stereocenters. The van der Waals surface area contributed by atoms with E-state index in [0.717, 1.165) is 22.7 Å². The number of ether oxygens (including phenoxy) is 2. The Hall–Kier alpha value is -3.24. The van der Waals surface area contributed by atoms with E-state index in [1.165, 1.54) is 18.2 Å². The fraction of sp³-hybridized carbons (Fsp3) is 0.0556. The van der Waals surface area contributed by atoms with Gasteiger partial charge in [-0.1, -0.05) is 36.1 Å². The molecule has 1 fully saturated rings. The summed E-state index contributed by atoms with van der Waals surface area (Å²) in [6, 6.07) is 10.4. The lowest BCUT2D eigenvalue weighted by atomic mass is 10.1. The summed E-state index contributed by atoms with van der Waals surface area (Å²) < 4.78 is 10.6. The molecule has 2 amide bonds. The molecule has 0 saturated carbocycles. The molecule has 8 nitrogen and oxygen atoms in total. The molecule has 0 radical (unpaired) electrons. The maximum atomic E-state index is 12.7. The highest BCUT2D eigenvalue weighted by Crippen LogP contribution is 2.37. The number of rotatable bonds is 3. The highest BCUT2D eigenvalue weighted by atomic mass is 32.2. The number of thiocarbonyl (C=S) groups is 1. The van der Waals surface area contributed by atoms with Gasteiger partial charge in [0.1, 0.15) is 0 Å². The molecule has 0 N–H and O–H groups in total. The number of nitrogens with zero attached hydrogens (tertiary/aromatic N) is 2. The van der Waals surface area contributed by atoms with Crippen LogP contribution in [0.5, 0.6) is 11.5 Å². The molecule has 10 heteroatoms. The zero-order valence-electron chi connectivity index (χ0n) is 14.0. The first-order valence-corrected chi connectivity index (χ1v) is 9.13. The first-order chi connectivity index (χ1) is 13.4. The molecule has 0 spiro atoms. The number of thioether (sulfide) groups is 1. The van der Waals surface area contributed by atoms with Crippen molar-refractivity contribution in [2.24, 2.45) is 0 Å². The molecule has 0 aliphatic carbocycles. The van der Waals surface area contributed by atoms with Crippen LogP contribution in [0.25, 0.3) is 6.08 Å². The summed E-state index contributed by atoms with van der Waals surface area (Å²) in [4.78, 5) is 36.9. The van der Waals surface area contributed by atoms with Gasteiger partial charge >= 0.3 is 0 Å². The standard InChI is InChI=1S/C18H10N2O6S2/c21-16(11-2-1-3-12(8-11)20(23)24)19-17(22)15(28-18(19)27)7-10-4-5-13-14(6-10)26-9-25-13/h1-8H,9H2/b15-7+. The fourth-order valence-corrected chi connectivity index (χ4v) is 3.93. The Morgan fingerprint density at radius 1 is 1.21 bits per heavy atom. The SMILES string of the molecule is O=C1/C(=C\c2ccc3c(c2)OCO3)SC(=S)N1C(=O)c1cccc([N+](=O)[O-])c1. The lowest BCUT2D eigenvalue weighted by Gasteiger charge is -2.12. The van der Waals surface area contributed by atoms with Crippen LogP contribution in [-0.4, -0.2) is 32.8 Å². The number of benzene rings is 2. The quantitative estimate of drug-likeness (QED) is 0.248. The van der Waals surface area contributed by atoms with Crippen LogP contribution in [0.4, 0.5) is 5.69 Å². The average Bonchev–Trinajstić information content (AvgIpc) is 3.25. The molecule has 2 aliphatic heterocycles. The average molecular weight is 414 g/mol. The summed E-state index contributed by atoms with van der Waals surface area (Å²) in [5.74, 6) is -0.105. The van der Waals surface area contributed by atoms with Crippen LogP contribution in [0, 0.1) is 10.1 Å². The molecule has 2 heterocycles. The molecule has 28 heavy (non-hydrogen) atoms. The highest BCUT2D eigenvalue weighted by molar-refractivity contribution is 8.26. The van der Waals surface area contributed by atoms with E-state index < -0.39 is 16.7 Å². The van der Waals surface area contributed by atoms with Crippen molar-refractivity contribution in [1.82, 2.24) is 4.90 Å². The lowest BCUT2D eigenvalue weighted by Crippen LogP contribution is -2.34. The van der Waals surface area contributed by atoms with Crippen LogP contribution < -0.4 is 9.47 Å². The van der Waals surface area contributed by atoms with E-state index in [4.69, 9.17) is 21.7 Å². The van der Waals surface area contributed by atoms with E-state index in [2.05, 4.69) is 0 Å². The number of carbonyl (C=O) groups excluding carboxylic acids is 2. The molecule has 140 valence electrons. The Morgan fingerprint density at radius 2 is 2.00 bits per heavy atom. The van der Waals surface area contributed by atoms with E-state index in [-0.39, 0.29) is 27.3 Å².